The fourth-order valence-electron chi connectivity index (χ4n) is 4.04. The van der Waals surface area contributed by atoms with E-state index in [1.165, 1.54) is 11.3 Å². The van der Waals surface area contributed by atoms with E-state index < -0.39 is 12.0 Å². The number of fused-ring (bicyclic) bond motifs is 1. The van der Waals surface area contributed by atoms with E-state index in [9.17, 15) is 9.59 Å². The first-order chi connectivity index (χ1) is 16.7. The number of esters is 1. The van der Waals surface area contributed by atoms with Gasteiger partial charge in [0.1, 0.15) is 5.75 Å². The number of carbonyl (C=O) groups is 1. The van der Waals surface area contributed by atoms with Gasteiger partial charge in [0.2, 0.25) is 0 Å². The number of hydrogen-bond acceptors (Lipinski definition) is 7. The maximum atomic E-state index is 13.7. The number of aryl methyl sites for hydroxylation is 1. The molecular weight excluding hydrogens is 480 g/mol. The molecule has 182 valence electrons. The molecule has 4 rings (SSSR count). The number of aromatic nitrogens is 1. The summed E-state index contributed by atoms with van der Waals surface area (Å²) >= 11 is 2.96. The summed E-state index contributed by atoms with van der Waals surface area (Å²) in [6, 6.07) is 13.0. The normalized spacial score (nSPS) is 15.7. The molecule has 2 aromatic carbocycles. The summed E-state index contributed by atoms with van der Waals surface area (Å²) in [5.41, 5.74) is 3.51. The van der Waals surface area contributed by atoms with Gasteiger partial charge in [0, 0.05) is 4.90 Å². The predicted octanol–water partition coefficient (Wildman–Crippen LogP) is 4.23. The molecule has 2 heterocycles. The maximum absolute atomic E-state index is 13.7. The Morgan fingerprint density at radius 2 is 1.89 bits per heavy atom. The number of thiazole rings is 1. The molecule has 1 aliphatic rings. The van der Waals surface area contributed by atoms with Crippen molar-refractivity contribution in [1.29, 1.82) is 0 Å². The fraction of sp³-hybridized carbons (Fsp3) is 0.296. The van der Waals surface area contributed by atoms with Crippen LogP contribution < -0.4 is 19.6 Å². The van der Waals surface area contributed by atoms with Crippen LogP contribution in [0.2, 0.25) is 0 Å². The molecule has 35 heavy (non-hydrogen) atoms. The molecule has 0 fully saturated rings. The van der Waals surface area contributed by atoms with Gasteiger partial charge in [-0.2, -0.15) is 0 Å². The van der Waals surface area contributed by atoms with Gasteiger partial charge in [-0.05, 0) is 81.0 Å². The SMILES string of the molecule is COc1ccc(/C=c2\sc3n(c2=O)[C@@H](c2ccc(SC)cc2)C(C(=O)OC(C)C)=C(C)N=3)c(C)c1. The third-order valence-corrected chi connectivity index (χ3v) is 7.51. The minimum absolute atomic E-state index is 0.190. The highest BCUT2D eigenvalue weighted by Crippen LogP contribution is 2.32. The second-order valence-corrected chi connectivity index (χ2v) is 10.4. The van der Waals surface area contributed by atoms with Crippen molar-refractivity contribution in [2.24, 2.45) is 4.99 Å². The van der Waals surface area contributed by atoms with Crippen LogP contribution in [0.15, 0.2) is 68.4 Å². The van der Waals surface area contributed by atoms with Crippen molar-refractivity contribution in [3.8, 4) is 5.75 Å². The van der Waals surface area contributed by atoms with Crippen LogP contribution in [0.1, 0.15) is 43.5 Å². The molecule has 0 saturated heterocycles. The average Bonchev–Trinajstić information content (AvgIpc) is 3.13. The number of nitrogens with zero attached hydrogens (tertiary/aromatic N) is 2. The van der Waals surface area contributed by atoms with Gasteiger partial charge in [-0.3, -0.25) is 9.36 Å². The number of methoxy groups -OCH3 is 1. The molecule has 6 nitrogen and oxygen atoms in total. The van der Waals surface area contributed by atoms with Crippen molar-refractivity contribution in [3.63, 3.8) is 0 Å². The Balaban J connectivity index is 1.92. The summed E-state index contributed by atoms with van der Waals surface area (Å²) in [7, 11) is 1.63. The van der Waals surface area contributed by atoms with Gasteiger partial charge in [-0.15, -0.1) is 11.8 Å². The van der Waals surface area contributed by atoms with E-state index in [0.29, 0.717) is 20.6 Å². The van der Waals surface area contributed by atoms with Gasteiger partial charge in [-0.1, -0.05) is 29.5 Å². The van der Waals surface area contributed by atoms with Gasteiger partial charge in [0.25, 0.3) is 5.56 Å². The molecule has 1 aliphatic heterocycles. The van der Waals surface area contributed by atoms with Crippen molar-refractivity contribution >= 4 is 35.1 Å². The van der Waals surface area contributed by atoms with Crippen LogP contribution >= 0.6 is 23.1 Å². The second kappa shape index (κ2) is 10.3. The number of carbonyl (C=O) groups excluding carboxylic acids is 1. The Hall–Kier alpha value is -3.10. The lowest BCUT2D eigenvalue weighted by Crippen LogP contribution is -2.40. The first-order valence-electron chi connectivity index (χ1n) is 11.3. The van der Waals surface area contributed by atoms with Crippen LogP contribution in [0, 0.1) is 6.92 Å². The van der Waals surface area contributed by atoms with Crippen LogP contribution in [0.5, 0.6) is 5.75 Å². The number of thioether (sulfide) groups is 1. The Kier molecular flexibility index (Phi) is 7.33. The largest absolute Gasteiger partial charge is 0.497 e. The average molecular weight is 509 g/mol. The molecule has 0 spiro atoms. The Morgan fingerprint density at radius 1 is 1.17 bits per heavy atom. The fourth-order valence-corrected chi connectivity index (χ4v) is 5.49. The number of allylic oxidation sites excluding steroid dienone is 1. The molecule has 0 N–H and O–H groups in total. The Labute approximate surface area is 212 Å². The molecule has 1 atom stereocenters. The molecule has 0 aliphatic carbocycles. The van der Waals surface area contributed by atoms with Crippen molar-refractivity contribution in [1.82, 2.24) is 4.57 Å². The summed E-state index contributed by atoms with van der Waals surface area (Å²) < 4.78 is 13.0. The predicted molar refractivity (Wildman–Crippen MR) is 141 cm³/mol. The van der Waals surface area contributed by atoms with Gasteiger partial charge in [0.15, 0.2) is 4.80 Å². The van der Waals surface area contributed by atoms with E-state index in [2.05, 4.69) is 4.99 Å². The number of hydrogen-bond donors (Lipinski definition) is 0. The summed E-state index contributed by atoms with van der Waals surface area (Å²) in [4.78, 5) is 33.2. The molecule has 8 heteroatoms. The number of benzene rings is 2. The number of rotatable bonds is 6. The minimum Gasteiger partial charge on any atom is -0.497 e. The van der Waals surface area contributed by atoms with E-state index in [1.807, 2.05) is 75.6 Å². The van der Waals surface area contributed by atoms with Gasteiger partial charge < -0.3 is 9.47 Å². The molecule has 0 bridgehead atoms. The van der Waals surface area contributed by atoms with Crippen LogP contribution in [0.4, 0.5) is 0 Å². The standard InChI is InChI=1S/C27H28N2O4S2/c1-15(2)33-26(31)23-17(4)28-27-29(24(23)18-8-11-21(34-6)12-9-18)25(30)22(35-27)14-19-7-10-20(32-5)13-16(19)3/h7-15,24H,1-6H3/b22-14-/t24-/m0/s1. The third kappa shape index (κ3) is 4.99. The zero-order chi connectivity index (χ0) is 25.3. The van der Waals surface area contributed by atoms with Crippen LogP contribution in [-0.4, -0.2) is 30.0 Å². The molecule has 1 aromatic heterocycles. The zero-order valence-corrected chi connectivity index (χ0v) is 22.3. The second-order valence-electron chi connectivity index (χ2n) is 8.53. The maximum Gasteiger partial charge on any atom is 0.338 e. The summed E-state index contributed by atoms with van der Waals surface area (Å²) in [6.45, 7) is 7.39. The Bertz CT molecular complexity index is 1480. The van der Waals surface area contributed by atoms with E-state index in [4.69, 9.17) is 9.47 Å². The lowest BCUT2D eigenvalue weighted by atomic mass is 9.96. The third-order valence-electron chi connectivity index (χ3n) is 5.78. The molecular formula is C27H28N2O4S2. The summed E-state index contributed by atoms with van der Waals surface area (Å²) in [5, 5.41) is 0. The first kappa shape index (κ1) is 25.0. The molecule has 0 unspecified atom stereocenters. The van der Waals surface area contributed by atoms with Crippen molar-refractivity contribution in [3.05, 3.63) is 90.1 Å². The minimum atomic E-state index is -0.618. The van der Waals surface area contributed by atoms with Gasteiger partial charge in [0.05, 0.1) is 35.1 Å². The van der Waals surface area contributed by atoms with Crippen molar-refractivity contribution < 1.29 is 14.3 Å². The molecule has 3 aromatic rings. The smallest absolute Gasteiger partial charge is 0.338 e. The Morgan fingerprint density at radius 3 is 2.49 bits per heavy atom. The van der Waals surface area contributed by atoms with E-state index in [-0.39, 0.29) is 11.7 Å². The summed E-state index contributed by atoms with van der Waals surface area (Å²) in [6.07, 6.45) is 3.59. The van der Waals surface area contributed by atoms with Gasteiger partial charge in [-0.25, -0.2) is 9.79 Å². The van der Waals surface area contributed by atoms with Crippen LogP contribution in [0.3, 0.4) is 0 Å². The van der Waals surface area contributed by atoms with Crippen molar-refractivity contribution in [2.75, 3.05) is 13.4 Å². The van der Waals surface area contributed by atoms with Crippen LogP contribution in [0.25, 0.3) is 6.08 Å². The monoisotopic (exact) mass is 508 g/mol. The van der Waals surface area contributed by atoms with E-state index >= 15 is 0 Å². The topological polar surface area (TPSA) is 69.9 Å². The highest BCUT2D eigenvalue weighted by atomic mass is 32.2. The molecule has 0 saturated carbocycles. The summed E-state index contributed by atoms with van der Waals surface area (Å²) in [5.74, 6) is 0.305. The number of ether oxygens (including phenoxy) is 2. The van der Waals surface area contributed by atoms with Crippen LogP contribution in [-0.2, 0) is 9.53 Å². The van der Waals surface area contributed by atoms with Crippen molar-refractivity contribution in [2.45, 2.75) is 44.7 Å². The highest BCUT2D eigenvalue weighted by Gasteiger charge is 2.33. The zero-order valence-electron chi connectivity index (χ0n) is 20.6. The van der Waals surface area contributed by atoms with Gasteiger partial charge >= 0.3 is 5.97 Å². The van der Waals surface area contributed by atoms with E-state index in [0.717, 1.165) is 27.3 Å². The highest BCUT2D eigenvalue weighted by molar-refractivity contribution is 7.98. The van der Waals surface area contributed by atoms with E-state index in [1.54, 1.807) is 30.4 Å². The lowest BCUT2D eigenvalue weighted by Gasteiger charge is -2.25. The molecule has 0 radical (unpaired) electrons. The quantitative estimate of drug-likeness (QED) is 0.368. The first-order valence-corrected chi connectivity index (χ1v) is 13.3. The lowest BCUT2D eigenvalue weighted by molar-refractivity contribution is -0.143. The molecule has 0 amide bonds.